The fourth-order valence-electron chi connectivity index (χ4n) is 2.62. The summed E-state index contributed by atoms with van der Waals surface area (Å²) in [5, 5.41) is 15.6. The molecule has 0 saturated carbocycles. The number of amidine groups is 1. The molecule has 2 aromatic carbocycles. The van der Waals surface area contributed by atoms with Gasteiger partial charge in [0, 0.05) is 22.3 Å². The second-order valence-electron chi connectivity index (χ2n) is 5.61. The van der Waals surface area contributed by atoms with E-state index in [-0.39, 0.29) is 11.1 Å². The Balaban J connectivity index is 1.84. The minimum atomic E-state index is -0.269. The number of carbonyl (C=O) groups is 1. The summed E-state index contributed by atoms with van der Waals surface area (Å²) in [6.07, 6.45) is 3.64. The number of rotatable bonds is 3. The normalized spacial score (nSPS) is 15.5. The van der Waals surface area contributed by atoms with E-state index in [0.29, 0.717) is 9.93 Å². The molecular weight excluding hydrogens is 368 g/mol. The maximum absolute atomic E-state index is 12.0. The molecule has 26 heavy (non-hydrogen) atoms. The largest absolute Gasteiger partial charge is 0.301 e. The Morgan fingerprint density at radius 2 is 1.85 bits per heavy atom. The van der Waals surface area contributed by atoms with Gasteiger partial charge < -0.3 is 5.32 Å². The van der Waals surface area contributed by atoms with Gasteiger partial charge in [-0.15, -0.1) is 0 Å². The maximum Gasteiger partial charge on any atom is 0.264 e. The molecule has 5 nitrogen and oxygen atoms in total. The molecule has 2 heterocycles. The smallest absolute Gasteiger partial charge is 0.264 e. The van der Waals surface area contributed by atoms with Gasteiger partial charge in [0.1, 0.15) is 0 Å². The zero-order valence-corrected chi connectivity index (χ0v) is 15.0. The van der Waals surface area contributed by atoms with Gasteiger partial charge in [-0.2, -0.15) is 5.10 Å². The van der Waals surface area contributed by atoms with Crippen LogP contribution in [-0.4, -0.2) is 20.9 Å². The standard InChI is InChI=1S/C19H13ClN4OS/c20-14-8-6-12(7-9-14)17-13(10-16-18(25)22-19(21)26-16)11-24(23-17)15-4-2-1-3-5-15/h1-11H,(H2,21,22,25). The van der Waals surface area contributed by atoms with Crippen LogP contribution in [0.15, 0.2) is 65.7 Å². The van der Waals surface area contributed by atoms with Crippen LogP contribution in [0, 0.1) is 5.41 Å². The van der Waals surface area contributed by atoms with Gasteiger partial charge in [0.15, 0.2) is 5.17 Å². The van der Waals surface area contributed by atoms with Gasteiger partial charge in [-0.25, -0.2) is 4.68 Å². The maximum atomic E-state index is 12.0. The summed E-state index contributed by atoms with van der Waals surface area (Å²) >= 11 is 7.10. The highest BCUT2D eigenvalue weighted by Gasteiger charge is 2.23. The van der Waals surface area contributed by atoms with E-state index in [1.54, 1.807) is 10.8 Å². The first-order valence-electron chi connectivity index (χ1n) is 7.80. The lowest BCUT2D eigenvalue weighted by Gasteiger charge is -2.01. The van der Waals surface area contributed by atoms with E-state index in [2.05, 4.69) is 5.32 Å². The number of halogens is 1. The molecule has 3 aromatic rings. The van der Waals surface area contributed by atoms with Gasteiger partial charge in [0.2, 0.25) is 0 Å². The minimum Gasteiger partial charge on any atom is -0.301 e. The molecular formula is C19H13ClN4OS. The lowest BCUT2D eigenvalue weighted by Crippen LogP contribution is -2.18. The van der Waals surface area contributed by atoms with Gasteiger partial charge in [-0.05, 0) is 42.1 Å². The van der Waals surface area contributed by atoms with E-state index in [1.807, 2.05) is 60.8 Å². The summed E-state index contributed by atoms with van der Waals surface area (Å²) < 4.78 is 1.78. The topological polar surface area (TPSA) is 70.8 Å². The fourth-order valence-corrected chi connectivity index (χ4v) is 3.44. The molecule has 7 heteroatoms. The first-order chi connectivity index (χ1) is 12.6. The zero-order valence-electron chi connectivity index (χ0n) is 13.4. The summed E-state index contributed by atoms with van der Waals surface area (Å²) in [6.45, 7) is 0. The van der Waals surface area contributed by atoms with Gasteiger partial charge in [0.05, 0.1) is 16.3 Å². The number of nitrogens with one attached hydrogen (secondary N) is 2. The Labute approximate surface area is 159 Å². The quantitative estimate of drug-likeness (QED) is 0.664. The molecule has 1 aliphatic heterocycles. The minimum absolute atomic E-state index is 0.129. The average Bonchev–Trinajstić information content (AvgIpc) is 3.20. The molecule has 1 aliphatic rings. The van der Waals surface area contributed by atoms with Crippen LogP contribution in [0.3, 0.4) is 0 Å². The van der Waals surface area contributed by atoms with Crippen molar-refractivity contribution in [3.8, 4) is 16.9 Å². The third kappa shape index (κ3) is 3.29. The SMILES string of the molecule is N=C1NC(=O)C(=Cc2cn(-c3ccccc3)nc2-c2ccc(Cl)cc2)S1. The third-order valence-corrected chi connectivity index (χ3v) is 4.91. The highest BCUT2D eigenvalue weighted by molar-refractivity contribution is 8.18. The van der Waals surface area contributed by atoms with Crippen molar-refractivity contribution in [1.29, 1.82) is 5.41 Å². The molecule has 128 valence electrons. The molecule has 0 atom stereocenters. The van der Waals surface area contributed by atoms with Crippen molar-refractivity contribution >= 4 is 40.5 Å². The van der Waals surface area contributed by atoms with Crippen LogP contribution in [-0.2, 0) is 4.79 Å². The van der Waals surface area contributed by atoms with Crippen molar-refractivity contribution in [2.24, 2.45) is 0 Å². The number of aromatic nitrogens is 2. The number of para-hydroxylation sites is 1. The van der Waals surface area contributed by atoms with Gasteiger partial charge in [-0.1, -0.05) is 41.9 Å². The first-order valence-corrected chi connectivity index (χ1v) is 9.00. The summed E-state index contributed by atoms with van der Waals surface area (Å²) in [5.41, 5.74) is 3.35. The van der Waals surface area contributed by atoms with Gasteiger partial charge in [0.25, 0.3) is 5.91 Å². The molecule has 2 N–H and O–H groups in total. The highest BCUT2D eigenvalue weighted by atomic mass is 35.5. The number of nitrogens with zero attached hydrogens (tertiary/aromatic N) is 2. The van der Waals surface area contributed by atoms with Crippen LogP contribution in [0.25, 0.3) is 23.0 Å². The lowest BCUT2D eigenvalue weighted by atomic mass is 10.1. The molecule has 1 saturated heterocycles. The van der Waals surface area contributed by atoms with Crippen molar-refractivity contribution < 1.29 is 4.79 Å². The number of hydrogen-bond acceptors (Lipinski definition) is 4. The van der Waals surface area contributed by atoms with Crippen LogP contribution in [0.1, 0.15) is 5.56 Å². The summed E-state index contributed by atoms with van der Waals surface area (Å²) in [7, 11) is 0. The van der Waals surface area contributed by atoms with Crippen molar-refractivity contribution in [3.63, 3.8) is 0 Å². The van der Waals surface area contributed by atoms with Crippen molar-refractivity contribution in [3.05, 3.63) is 76.3 Å². The molecule has 0 aliphatic carbocycles. The molecule has 4 rings (SSSR count). The van der Waals surface area contributed by atoms with Gasteiger partial charge in [-0.3, -0.25) is 10.2 Å². The number of hydrogen-bond donors (Lipinski definition) is 2. The van der Waals surface area contributed by atoms with E-state index in [0.717, 1.165) is 34.3 Å². The van der Waals surface area contributed by atoms with Crippen molar-refractivity contribution in [2.45, 2.75) is 0 Å². The second-order valence-corrected chi connectivity index (χ2v) is 7.10. The molecule has 0 radical (unpaired) electrons. The Morgan fingerprint density at radius 1 is 1.12 bits per heavy atom. The lowest BCUT2D eigenvalue weighted by molar-refractivity contribution is -0.115. The van der Waals surface area contributed by atoms with Crippen LogP contribution >= 0.6 is 23.4 Å². The molecule has 0 unspecified atom stereocenters. The Bertz CT molecular complexity index is 1030. The molecule has 0 bridgehead atoms. The summed E-state index contributed by atoms with van der Waals surface area (Å²) in [5.74, 6) is -0.269. The van der Waals surface area contributed by atoms with Crippen molar-refractivity contribution in [1.82, 2.24) is 15.1 Å². The average molecular weight is 381 g/mol. The van der Waals surface area contributed by atoms with E-state index in [1.165, 1.54) is 0 Å². The third-order valence-electron chi connectivity index (χ3n) is 3.83. The molecule has 1 aromatic heterocycles. The van der Waals surface area contributed by atoms with Crippen LogP contribution < -0.4 is 5.32 Å². The predicted octanol–water partition coefficient (Wildman–Crippen LogP) is 4.33. The summed E-state index contributed by atoms with van der Waals surface area (Å²) in [4.78, 5) is 12.4. The Morgan fingerprint density at radius 3 is 2.50 bits per heavy atom. The van der Waals surface area contributed by atoms with E-state index in [4.69, 9.17) is 22.1 Å². The van der Waals surface area contributed by atoms with Crippen LogP contribution in [0.2, 0.25) is 5.02 Å². The number of carbonyl (C=O) groups excluding carboxylic acids is 1. The predicted molar refractivity (Wildman–Crippen MR) is 105 cm³/mol. The fraction of sp³-hybridized carbons (Fsp3) is 0. The number of benzene rings is 2. The van der Waals surface area contributed by atoms with Gasteiger partial charge >= 0.3 is 0 Å². The Hall–Kier alpha value is -2.83. The first kappa shape index (κ1) is 16.6. The molecule has 1 amide bonds. The van der Waals surface area contributed by atoms with Crippen LogP contribution in [0.4, 0.5) is 0 Å². The van der Waals surface area contributed by atoms with E-state index in [9.17, 15) is 4.79 Å². The van der Waals surface area contributed by atoms with E-state index >= 15 is 0 Å². The molecule has 1 fully saturated rings. The van der Waals surface area contributed by atoms with Crippen LogP contribution in [0.5, 0.6) is 0 Å². The van der Waals surface area contributed by atoms with E-state index < -0.39 is 0 Å². The van der Waals surface area contributed by atoms with Crippen molar-refractivity contribution in [2.75, 3.05) is 0 Å². The molecule has 0 spiro atoms. The summed E-state index contributed by atoms with van der Waals surface area (Å²) in [6, 6.07) is 17.2. The Kier molecular flexibility index (Phi) is 4.36. The number of thioether (sulfide) groups is 1. The second kappa shape index (κ2) is 6.82. The zero-order chi connectivity index (χ0) is 18.1. The highest BCUT2D eigenvalue weighted by Crippen LogP contribution is 2.30. The number of amides is 1. The monoisotopic (exact) mass is 380 g/mol.